The van der Waals surface area contributed by atoms with Crippen molar-refractivity contribution < 1.29 is 24.2 Å². The molecule has 7 atom stereocenters. The number of rotatable bonds is 10. The van der Waals surface area contributed by atoms with E-state index >= 15 is 0 Å². The number of aliphatic hydroxyl groups excluding tert-OH is 1. The second kappa shape index (κ2) is 12.1. The van der Waals surface area contributed by atoms with Crippen LogP contribution in [0, 0.1) is 29.6 Å². The van der Waals surface area contributed by atoms with Gasteiger partial charge in [-0.2, -0.15) is 0 Å². The van der Waals surface area contributed by atoms with Gasteiger partial charge in [-0.3, -0.25) is 19.3 Å². The van der Waals surface area contributed by atoms with Crippen molar-refractivity contribution in [3.63, 3.8) is 0 Å². The van der Waals surface area contributed by atoms with Crippen LogP contribution in [0.4, 0.5) is 0 Å². The van der Waals surface area contributed by atoms with E-state index in [0.29, 0.717) is 26.3 Å². The van der Waals surface area contributed by atoms with Crippen molar-refractivity contribution in [3.05, 3.63) is 12.2 Å². The number of amides is 3. The number of fused-ring (bicyclic) bond motifs is 1. The maximum atomic E-state index is 13.9. The van der Waals surface area contributed by atoms with E-state index in [1.807, 2.05) is 32.9 Å². The van der Waals surface area contributed by atoms with E-state index in [-0.39, 0.29) is 36.2 Å². The molecule has 0 aromatic carbocycles. The molecule has 2 heterocycles. The fourth-order valence-electron chi connectivity index (χ4n) is 5.80. The van der Waals surface area contributed by atoms with Crippen molar-refractivity contribution in [2.24, 2.45) is 29.6 Å². The molecule has 2 saturated heterocycles. The molecule has 9 heteroatoms. The molecule has 0 spiro atoms. The molecular weight excluding hydrogens is 436 g/mol. The van der Waals surface area contributed by atoms with Gasteiger partial charge in [0.15, 0.2) is 0 Å². The zero-order valence-corrected chi connectivity index (χ0v) is 21.0. The van der Waals surface area contributed by atoms with Crippen molar-refractivity contribution in [2.75, 3.05) is 53.0 Å². The number of hydrogen-bond acceptors (Lipinski definition) is 6. The molecule has 1 aliphatic carbocycles. The van der Waals surface area contributed by atoms with E-state index < -0.39 is 29.8 Å². The quantitative estimate of drug-likeness (QED) is 0.388. The number of ether oxygens (including phenoxy) is 1. The highest BCUT2D eigenvalue weighted by Gasteiger charge is 2.58. The molecule has 3 amide bonds. The minimum Gasteiger partial charge on any atom is -0.394 e. The lowest BCUT2D eigenvalue weighted by Gasteiger charge is -2.36. The number of nitrogens with one attached hydrogen (secondary N) is 2. The number of likely N-dealkylation sites (tertiary alicyclic amines) is 1. The molecule has 0 radical (unpaired) electrons. The van der Waals surface area contributed by atoms with E-state index in [1.165, 1.54) is 0 Å². The number of morpholine rings is 1. The van der Waals surface area contributed by atoms with Gasteiger partial charge in [0.25, 0.3) is 0 Å². The van der Waals surface area contributed by atoms with Gasteiger partial charge >= 0.3 is 0 Å². The minimum absolute atomic E-state index is 0.0159. The van der Waals surface area contributed by atoms with Gasteiger partial charge in [-0.15, -0.1) is 0 Å². The largest absolute Gasteiger partial charge is 0.394 e. The first-order chi connectivity index (χ1) is 16.4. The van der Waals surface area contributed by atoms with Crippen molar-refractivity contribution in [3.8, 4) is 0 Å². The topological polar surface area (TPSA) is 111 Å². The number of nitrogens with zero attached hydrogens (tertiary/aromatic N) is 2. The number of hydrogen-bond donors (Lipinski definition) is 3. The van der Waals surface area contributed by atoms with Gasteiger partial charge < -0.3 is 25.4 Å². The first-order valence-corrected chi connectivity index (χ1v) is 12.8. The molecule has 0 bridgehead atoms. The van der Waals surface area contributed by atoms with E-state index in [9.17, 15) is 19.5 Å². The minimum atomic E-state index is -0.741. The maximum Gasteiger partial charge on any atom is 0.243 e. The first kappa shape index (κ1) is 26.6. The predicted octanol–water partition coefficient (Wildman–Crippen LogP) is 0.243. The third-order valence-corrected chi connectivity index (χ3v) is 8.01. The van der Waals surface area contributed by atoms with Gasteiger partial charge in [0.2, 0.25) is 17.7 Å². The Bertz CT molecular complexity index is 754. The lowest BCUT2D eigenvalue weighted by atomic mass is 9.69. The first-order valence-electron chi connectivity index (χ1n) is 12.8. The molecule has 3 N–H and O–H groups in total. The van der Waals surface area contributed by atoms with Crippen molar-refractivity contribution in [2.45, 2.75) is 45.7 Å². The molecule has 0 aromatic rings. The Kier molecular flexibility index (Phi) is 9.50. The number of aliphatic hydroxyl groups is 1. The smallest absolute Gasteiger partial charge is 0.243 e. The van der Waals surface area contributed by atoms with Crippen molar-refractivity contribution in [1.29, 1.82) is 0 Å². The maximum absolute atomic E-state index is 13.9. The molecule has 2 aliphatic heterocycles. The van der Waals surface area contributed by atoms with Gasteiger partial charge in [-0.25, -0.2) is 0 Å². The summed E-state index contributed by atoms with van der Waals surface area (Å²) in [4.78, 5) is 44.2. The standard InChI is InChI=1S/C25H42N4O5/c1-5-16(3)19(15-30)29-22(24(32)27-9-10-28-11-13-34-14-12-28)18-8-7-17(6-2)20(23(31)26-4)21(18)25(29)33/h7-8,16-22,30H,5-6,9-15H2,1-4H3,(H,26,31)(H,27,32)/t16-,17+,18-,19-,20+,21+,22-/m0/s1. The molecule has 3 aliphatic rings. The predicted molar refractivity (Wildman–Crippen MR) is 129 cm³/mol. The van der Waals surface area contributed by atoms with Crippen LogP contribution in [0.5, 0.6) is 0 Å². The third-order valence-electron chi connectivity index (χ3n) is 8.01. The van der Waals surface area contributed by atoms with Gasteiger partial charge in [-0.05, 0) is 18.3 Å². The molecule has 9 nitrogen and oxygen atoms in total. The van der Waals surface area contributed by atoms with Gasteiger partial charge in [-0.1, -0.05) is 39.3 Å². The summed E-state index contributed by atoms with van der Waals surface area (Å²) in [5.74, 6) is -2.17. The molecule has 0 unspecified atom stereocenters. The Morgan fingerprint density at radius 2 is 1.91 bits per heavy atom. The molecular formula is C25H42N4O5. The summed E-state index contributed by atoms with van der Waals surface area (Å²) >= 11 is 0. The van der Waals surface area contributed by atoms with Crippen LogP contribution in [0.1, 0.15) is 33.6 Å². The van der Waals surface area contributed by atoms with Crippen LogP contribution in [0.2, 0.25) is 0 Å². The van der Waals surface area contributed by atoms with Crippen LogP contribution in [0.15, 0.2) is 12.2 Å². The lowest BCUT2D eigenvalue weighted by molar-refractivity contribution is -0.144. The Hall–Kier alpha value is -1.97. The highest BCUT2D eigenvalue weighted by atomic mass is 16.5. The fourth-order valence-corrected chi connectivity index (χ4v) is 5.80. The van der Waals surface area contributed by atoms with Gasteiger partial charge in [0.1, 0.15) is 6.04 Å². The van der Waals surface area contributed by atoms with Gasteiger partial charge in [0, 0.05) is 39.1 Å². The highest BCUT2D eigenvalue weighted by Crippen LogP contribution is 2.46. The van der Waals surface area contributed by atoms with Crippen molar-refractivity contribution >= 4 is 17.7 Å². The number of carbonyl (C=O) groups excluding carboxylic acids is 3. The van der Waals surface area contributed by atoms with Gasteiger partial charge in [0.05, 0.1) is 37.7 Å². The van der Waals surface area contributed by atoms with Crippen LogP contribution in [-0.4, -0.2) is 97.8 Å². The molecule has 3 rings (SSSR count). The molecule has 0 saturated carbocycles. The molecule has 192 valence electrons. The average molecular weight is 479 g/mol. The monoisotopic (exact) mass is 478 g/mol. The molecule has 34 heavy (non-hydrogen) atoms. The second-order valence-corrected chi connectivity index (χ2v) is 9.77. The fraction of sp³-hybridized carbons (Fsp3) is 0.800. The summed E-state index contributed by atoms with van der Waals surface area (Å²) in [6, 6.07) is -1.22. The summed E-state index contributed by atoms with van der Waals surface area (Å²) in [6.45, 7) is 10.0. The molecule has 2 fully saturated rings. The van der Waals surface area contributed by atoms with Crippen LogP contribution in [0.3, 0.4) is 0 Å². The summed E-state index contributed by atoms with van der Waals surface area (Å²) in [5, 5.41) is 16.0. The number of allylic oxidation sites excluding steroid dienone is 1. The van der Waals surface area contributed by atoms with Crippen LogP contribution in [-0.2, 0) is 19.1 Å². The summed E-state index contributed by atoms with van der Waals surface area (Å²) in [6.07, 6.45) is 5.47. The van der Waals surface area contributed by atoms with Crippen LogP contribution < -0.4 is 10.6 Å². The number of carbonyl (C=O) groups is 3. The normalized spacial score (nSPS) is 31.1. The summed E-state index contributed by atoms with van der Waals surface area (Å²) in [5.41, 5.74) is 0. The van der Waals surface area contributed by atoms with E-state index in [0.717, 1.165) is 25.9 Å². The second-order valence-electron chi connectivity index (χ2n) is 9.77. The SMILES string of the molecule is CC[C@H](C)[C@H](CO)N1C(=O)[C@@H]2[C@H](C=C[C@@H](CC)[C@H]2C(=O)NC)[C@H]1C(=O)NCCN1CCOCC1. The summed E-state index contributed by atoms with van der Waals surface area (Å²) in [7, 11) is 1.59. The van der Waals surface area contributed by atoms with Crippen LogP contribution in [0.25, 0.3) is 0 Å². The summed E-state index contributed by atoms with van der Waals surface area (Å²) < 4.78 is 5.38. The molecule has 0 aromatic heterocycles. The Morgan fingerprint density at radius 1 is 1.21 bits per heavy atom. The third kappa shape index (κ3) is 5.31. The average Bonchev–Trinajstić information content (AvgIpc) is 3.16. The highest BCUT2D eigenvalue weighted by molar-refractivity contribution is 5.97. The lowest BCUT2D eigenvalue weighted by Crippen LogP contribution is -2.55. The van der Waals surface area contributed by atoms with E-state index in [1.54, 1.807) is 11.9 Å². The Balaban J connectivity index is 1.88. The Morgan fingerprint density at radius 3 is 2.50 bits per heavy atom. The Labute approximate surface area is 203 Å². The van der Waals surface area contributed by atoms with E-state index in [4.69, 9.17) is 4.74 Å². The van der Waals surface area contributed by atoms with E-state index in [2.05, 4.69) is 15.5 Å². The van der Waals surface area contributed by atoms with Crippen LogP contribution >= 0.6 is 0 Å². The van der Waals surface area contributed by atoms with Crippen molar-refractivity contribution in [1.82, 2.24) is 20.4 Å². The zero-order chi connectivity index (χ0) is 24.8. The zero-order valence-electron chi connectivity index (χ0n) is 21.0.